The predicted molar refractivity (Wildman–Crippen MR) is 98.2 cm³/mol. The van der Waals surface area contributed by atoms with Crippen LogP contribution in [0.4, 0.5) is 0 Å². The van der Waals surface area contributed by atoms with Crippen molar-refractivity contribution in [3.63, 3.8) is 0 Å². The van der Waals surface area contributed by atoms with Crippen LogP contribution in [-0.4, -0.2) is 35.5 Å². The molecule has 2 heterocycles. The maximum atomic E-state index is 13.3. The molecule has 138 valence electrons. The Morgan fingerprint density at radius 3 is 2.69 bits per heavy atom. The minimum Gasteiger partial charge on any atom is -0.467 e. The van der Waals surface area contributed by atoms with Crippen molar-refractivity contribution in [1.29, 1.82) is 0 Å². The number of rotatable bonds is 6. The highest BCUT2D eigenvalue weighted by Crippen LogP contribution is 2.59. The summed E-state index contributed by atoms with van der Waals surface area (Å²) in [5.74, 6) is 0.765. The van der Waals surface area contributed by atoms with Crippen molar-refractivity contribution in [3.8, 4) is 0 Å². The fourth-order valence-corrected chi connectivity index (χ4v) is 4.21. The Morgan fingerprint density at radius 1 is 1.23 bits per heavy atom. The zero-order valence-corrected chi connectivity index (χ0v) is 14.9. The number of carbonyl (C=O) groups excluding carboxylic acids is 1. The van der Waals surface area contributed by atoms with Crippen molar-refractivity contribution in [2.45, 2.75) is 31.9 Å². The van der Waals surface area contributed by atoms with Gasteiger partial charge in [-0.3, -0.25) is 4.79 Å². The van der Waals surface area contributed by atoms with E-state index >= 15 is 0 Å². The molecule has 5 nitrogen and oxygen atoms in total. The Morgan fingerprint density at radius 2 is 2.00 bits per heavy atom. The lowest BCUT2D eigenvalue weighted by Gasteiger charge is -2.28. The van der Waals surface area contributed by atoms with Crippen molar-refractivity contribution in [2.24, 2.45) is 11.3 Å². The summed E-state index contributed by atoms with van der Waals surface area (Å²) >= 11 is 0. The Bertz CT molecular complexity index is 723. The second-order valence-corrected chi connectivity index (χ2v) is 7.60. The molecule has 5 heteroatoms. The molecule has 2 aliphatic rings. The van der Waals surface area contributed by atoms with Gasteiger partial charge in [-0.1, -0.05) is 30.3 Å². The molecule has 2 atom stereocenters. The van der Waals surface area contributed by atoms with Gasteiger partial charge in [-0.2, -0.15) is 0 Å². The number of nitrogens with one attached hydrogen (secondary N) is 1. The van der Waals surface area contributed by atoms with Crippen molar-refractivity contribution < 1.29 is 14.3 Å². The summed E-state index contributed by atoms with van der Waals surface area (Å²) in [5.41, 5.74) is 1.26. The summed E-state index contributed by atoms with van der Waals surface area (Å²) in [5, 5.41) is 13.9. The molecule has 26 heavy (non-hydrogen) atoms. The molecule has 4 rings (SSSR count). The molecule has 2 aromatic rings. The summed E-state index contributed by atoms with van der Waals surface area (Å²) in [6.07, 6.45) is 3.87. The van der Waals surface area contributed by atoms with Gasteiger partial charge in [0.05, 0.1) is 12.8 Å². The zero-order chi connectivity index (χ0) is 18.0. The average Bonchev–Trinajstić information content (AvgIpc) is 3.10. The second kappa shape index (κ2) is 7.25. The molecule has 2 unspecified atom stereocenters. The van der Waals surface area contributed by atoms with Crippen molar-refractivity contribution >= 4 is 5.91 Å². The van der Waals surface area contributed by atoms with Crippen LogP contribution in [0.3, 0.4) is 0 Å². The third-order valence-electron chi connectivity index (χ3n) is 5.88. The fourth-order valence-electron chi connectivity index (χ4n) is 4.21. The van der Waals surface area contributed by atoms with E-state index in [-0.39, 0.29) is 23.8 Å². The SMILES string of the molecule is O=C(C1CC12CCNCC2)N(Cc1ccccc1)CC(O)c1ccco1. The lowest BCUT2D eigenvalue weighted by molar-refractivity contribution is -0.136. The van der Waals surface area contributed by atoms with E-state index in [4.69, 9.17) is 4.42 Å². The fraction of sp³-hybridized carbons (Fsp3) is 0.476. The first kappa shape index (κ1) is 17.3. The molecule has 1 saturated carbocycles. The standard InChI is InChI=1S/C21H26N2O3/c24-18(19-7-4-12-26-19)15-23(14-16-5-2-1-3-6-16)20(25)17-13-21(17)8-10-22-11-9-21/h1-7,12,17-18,22,24H,8-11,13-15H2. The second-order valence-electron chi connectivity index (χ2n) is 7.60. The largest absolute Gasteiger partial charge is 0.467 e. The van der Waals surface area contributed by atoms with Gasteiger partial charge in [0.2, 0.25) is 5.91 Å². The van der Waals surface area contributed by atoms with E-state index in [1.54, 1.807) is 18.4 Å². The lowest BCUT2D eigenvalue weighted by atomic mass is 9.91. The molecular formula is C21H26N2O3. The van der Waals surface area contributed by atoms with E-state index in [0.717, 1.165) is 37.9 Å². The van der Waals surface area contributed by atoms with E-state index in [2.05, 4.69) is 5.32 Å². The van der Waals surface area contributed by atoms with E-state index in [9.17, 15) is 9.90 Å². The number of piperidine rings is 1. The molecule has 1 saturated heterocycles. The number of amides is 1. The van der Waals surface area contributed by atoms with Crippen LogP contribution in [0.25, 0.3) is 0 Å². The Labute approximate surface area is 154 Å². The first-order valence-corrected chi connectivity index (χ1v) is 9.43. The van der Waals surface area contributed by atoms with Crippen LogP contribution in [0.1, 0.15) is 36.7 Å². The summed E-state index contributed by atoms with van der Waals surface area (Å²) in [4.78, 5) is 15.1. The Hall–Kier alpha value is -2.11. The van der Waals surface area contributed by atoms with Crippen LogP contribution in [0.5, 0.6) is 0 Å². The average molecular weight is 354 g/mol. The number of carbonyl (C=O) groups is 1. The molecule has 0 radical (unpaired) electrons. The number of aliphatic hydroxyl groups is 1. The smallest absolute Gasteiger partial charge is 0.226 e. The quantitative estimate of drug-likeness (QED) is 0.837. The van der Waals surface area contributed by atoms with Gasteiger partial charge in [-0.25, -0.2) is 0 Å². The van der Waals surface area contributed by atoms with E-state index in [0.29, 0.717) is 12.3 Å². The highest BCUT2D eigenvalue weighted by atomic mass is 16.4. The molecule has 1 aromatic carbocycles. The van der Waals surface area contributed by atoms with Crippen LogP contribution in [0.2, 0.25) is 0 Å². The third-order valence-corrected chi connectivity index (χ3v) is 5.88. The molecule has 1 spiro atoms. The first-order chi connectivity index (χ1) is 12.7. The summed E-state index contributed by atoms with van der Waals surface area (Å²) in [6, 6.07) is 13.5. The molecular weight excluding hydrogens is 328 g/mol. The van der Waals surface area contributed by atoms with Gasteiger partial charge >= 0.3 is 0 Å². The molecule has 1 aromatic heterocycles. The van der Waals surface area contributed by atoms with E-state index in [1.807, 2.05) is 35.2 Å². The van der Waals surface area contributed by atoms with Crippen LogP contribution < -0.4 is 5.32 Å². The van der Waals surface area contributed by atoms with Crippen LogP contribution in [0, 0.1) is 11.3 Å². The number of hydrogen-bond donors (Lipinski definition) is 2. The maximum Gasteiger partial charge on any atom is 0.226 e. The van der Waals surface area contributed by atoms with Crippen LogP contribution in [-0.2, 0) is 11.3 Å². The van der Waals surface area contributed by atoms with E-state index in [1.165, 1.54) is 0 Å². The zero-order valence-electron chi connectivity index (χ0n) is 14.9. The van der Waals surface area contributed by atoms with Crippen molar-refractivity contribution in [2.75, 3.05) is 19.6 Å². The van der Waals surface area contributed by atoms with Crippen molar-refractivity contribution in [3.05, 3.63) is 60.1 Å². The molecule has 0 bridgehead atoms. The summed E-state index contributed by atoms with van der Waals surface area (Å²) in [6.45, 7) is 2.77. The van der Waals surface area contributed by atoms with Crippen LogP contribution >= 0.6 is 0 Å². The Balaban J connectivity index is 1.49. The normalized spacial score (nSPS) is 22.1. The predicted octanol–water partition coefficient (Wildman–Crippen LogP) is 2.73. The number of nitrogens with zero attached hydrogens (tertiary/aromatic N) is 1. The molecule has 2 N–H and O–H groups in total. The topological polar surface area (TPSA) is 65.7 Å². The lowest BCUT2D eigenvalue weighted by Crippen LogP contribution is -2.38. The van der Waals surface area contributed by atoms with Gasteiger partial charge in [-0.15, -0.1) is 0 Å². The molecule has 2 fully saturated rings. The van der Waals surface area contributed by atoms with Gasteiger partial charge in [0, 0.05) is 12.5 Å². The summed E-state index contributed by atoms with van der Waals surface area (Å²) in [7, 11) is 0. The number of aliphatic hydroxyl groups excluding tert-OH is 1. The highest BCUT2D eigenvalue weighted by molar-refractivity contribution is 5.82. The number of benzene rings is 1. The van der Waals surface area contributed by atoms with E-state index < -0.39 is 6.10 Å². The number of furan rings is 1. The van der Waals surface area contributed by atoms with Gasteiger partial charge < -0.3 is 19.7 Å². The van der Waals surface area contributed by atoms with Crippen LogP contribution in [0.15, 0.2) is 53.1 Å². The van der Waals surface area contributed by atoms with Gasteiger partial charge in [0.15, 0.2) is 0 Å². The minimum absolute atomic E-state index is 0.0945. The number of hydrogen-bond acceptors (Lipinski definition) is 4. The van der Waals surface area contributed by atoms with Crippen molar-refractivity contribution in [1.82, 2.24) is 10.2 Å². The third kappa shape index (κ3) is 3.55. The van der Waals surface area contributed by atoms with Gasteiger partial charge in [0.1, 0.15) is 11.9 Å². The molecule has 1 amide bonds. The van der Waals surface area contributed by atoms with Gasteiger partial charge in [-0.05, 0) is 55.5 Å². The highest BCUT2D eigenvalue weighted by Gasteiger charge is 2.58. The maximum absolute atomic E-state index is 13.3. The molecule has 1 aliphatic heterocycles. The molecule has 1 aliphatic carbocycles. The monoisotopic (exact) mass is 354 g/mol. The Kier molecular flexibility index (Phi) is 4.83. The first-order valence-electron chi connectivity index (χ1n) is 9.43. The minimum atomic E-state index is -0.805. The van der Waals surface area contributed by atoms with Gasteiger partial charge in [0.25, 0.3) is 0 Å². The summed E-state index contributed by atoms with van der Waals surface area (Å²) < 4.78 is 5.32.